The van der Waals surface area contributed by atoms with E-state index in [1.807, 2.05) is 0 Å². The lowest BCUT2D eigenvalue weighted by molar-refractivity contribution is 0.0763. The maximum atomic E-state index is 12.0. The molecule has 0 aliphatic heterocycles. The third-order valence-electron chi connectivity index (χ3n) is 2.55. The van der Waals surface area contributed by atoms with Crippen molar-refractivity contribution in [2.45, 2.75) is 19.4 Å². The summed E-state index contributed by atoms with van der Waals surface area (Å²) in [4.78, 5) is 17.6. The first kappa shape index (κ1) is 15.2. The highest BCUT2D eigenvalue weighted by atomic mass is 16.3. The lowest BCUT2D eigenvalue weighted by Gasteiger charge is -2.17. The molecule has 0 spiro atoms. The van der Waals surface area contributed by atoms with Gasteiger partial charge in [0.1, 0.15) is 5.69 Å². The Morgan fingerprint density at radius 1 is 1.58 bits per heavy atom. The van der Waals surface area contributed by atoms with E-state index >= 15 is 0 Å². The van der Waals surface area contributed by atoms with Gasteiger partial charge in [0.05, 0.1) is 12.6 Å². The summed E-state index contributed by atoms with van der Waals surface area (Å²) in [6.45, 7) is 2.48. The van der Waals surface area contributed by atoms with Gasteiger partial charge in [-0.15, -0.1) is 0 Å². The van der Waals surface area contributed by atoms with Crippen LogP contribution in [0.2, 0.25) is 0 Å². The molecular formula is C14H19N3O2. The van der Waals surface area contributed by atoms with Gasteiger partial charge in [-0.2, -0.15) is 0 Å². The van der Waals surface area contributed by atoms with Crippen molar-refractivity contribution in [2.75, 3.05) is 20.1 Å². The van der Waals surface area contributed by atoms with E-state index in [1.165, 1.54) is 0 Å². The number of aliphatic hydroxyl groups is 1. The number of nitrogens with zero attached hydrogens (tertiary/aromatic N) is 2. The van der Waals surface area contributed by atoms with Crippen LogP contribution in [0.3, 0.4) is 0 Å². The molecule has 1 unspecified atom stereocenters. The number of carbonyl (C=O) groups is 1. The van der Waals surface area contributed by atoms with Gasteiger partial charge in [-0.05, 0) is 25.5 Å². The number of aromatic nitrogens is 1. The van der Waals surface area contributed by atoms with Crippen LogP contribution >= 0.6 is 0 Å². The van der Waals surface area contributed by atoms with Crippen LogP contribution in [0.5, 0.6) is 0 Å². The van der Waals surface area contributed by atoms with Crippen LogP contribution in [0, 0.1) is 11.8 Å². The van der Waals surface area contributed by atoms with Gasteiger partial charge in [0.15, 0.2) is 0 Å². The predicted octanol–water partition coefficient (Wildman–Crippen LogP) is 0.235. The maximum Gasteiger partial charge on any atom is 0.272 e. The van der Waals surface area contributed by atoms with E-state index in [-0.39, 0.29) is 5.91 Å². The molecule has 1 aromatic rings. The van der Waals surface area contributed by atoms with Crippen molar-refractivity contribution in [1.82, 2.24) is 9.88 Å². The van der Waals surface area contributed by atoms with Crippen LogP contribution in [0.4, 0.5) is 0 Å². The van der Waals surface area contributed by atoms with Gasteiger partial charge in [0.2, 0.25) is 0 Å². The molecule has 0 fully saturated rings. The molecule has 3 N–H and O–H groups in total. The predicted molar refractivity (Wildman–Crippen MR) is 73.4 cm³/mol. The molecule has 0 aliphatic carbocycles. The summed E-state index contributed by atoms with van der Waals surface area (Å²) in [6.07, 6.45) is 1.68. The molecule has 0 aliphatic rings. The van der Waals surface area contributed by atoms with Crippen molar-refractivity contribution in [3.8, 4) is 11.8 Å². The van der Waals surface area contributed by atoms with Gasteiger partial charge in [-0.25, -0.2) is 4.98 Å². The molecule has 1 heterocycles. The summed E-state index contributed by atoms with van der Waals surface area (Å²) in [6, 6.07) is 3.38. The number of aliphatic hydroxyl groups excluding tert-OH is 1. The molecule has 1 rings (SSSR count). The summed E-state index contributed by atoms with van der Waals surface area (Å²) in [5.41, 5.74) is 6.37. The number of hydrogen-bond donors (Lipinski definition) is 2. The molecule has 0 aromatic carbocycles. The Morgan fingerprint density at radius 3 is 2.84 bits per heavy atom. The number of amides is 1. The Kier molecular flexibility index (Phi) is 6.00. The first-order chi connectivity index (χ1) is 9.04. The first-order valence-electron chi connectivity index (χ1n) is 6.13. The highest BCUT2D eigenvalue weighted by molar-refractivity contribution is 5.92. The van der Waals surface area contributed by atoms with Crippen LogP contribution in [-0.4, -0.2) is 47.1 Å². The molecule has 5 heteroatoms. The number of hydrogen-bond acceptors (Lipinski definition) is 4. The fourth-order valence-electron chi connectivity index (χ4n) is 1.42. The van der Waals surface area contributed by atoms with Crippen LogP contribution < -0.4 is 5.73 Å². The third kappa shape index (κ3) is 5.08. The van der Waals surface area contributed by atoms with Crippen molar-refractivity contribution >= 4 is 5.91 Å². The first-order valence-corrected chi connectivity index (χ1v) is 6.13. The van der Waals surface area contributed by atoms with Crippen molar-refractivity contribution in [1.29, 1.82) is 0 Å². The van der Waals surface area contributed by atoms with E-state index in [0.717, 1.165) is 5.56 Å². The lowest BCUT2D eigenvalue weighted by Crippen LogP contribution is -2.30. The normalized spacial score (nSPS) is 11.4. The third-order valence-corrected chi connectivity index (χ3v) is 2.55. The molecular weight excluding hydrogens is 242 g/mol. The second-order valence-corrected chi connectivity index (χ2v) is 4.30. The highest BCUT2D eigenvalue weighted by Crippen LogP contribution is 2.04. The lowest BCUT2D eigenvalue weighted by atomic mass is 10.2. The summed E-state index contributed by atoms with van der Waals surface area (Å²) < 4.78 is 0. The van der Waals surface area contributed by atoms with Crippen LogP contribution in [0.1, 0.15) is 29.4 Å². The Labute approximate surface area is 113 Å². The monoisotopic (exact) mass is 261 g/mol. The molecule has 1 atom stereocenters. The van der Waals surface area contributed by atoms with E-state index in [0.29, 0.717) is 25.2 Å². The standard InChI is InChI=1S/C14H19N3O2/c1-11(18)7-9-17(2)14(19)13-6-5-12(10-16-13)4-3-8-15/h5-6,10-11,18H,7-9,15H2,1-2H3. The summed E-state index contributed by atoms with van der Waals surface area (Å²) in [5.74, 6) is 5.40. The Bertz CT molecular complexity index is 472. The molecule has 5 nitrogen and oxygen atoms in total. The van der Waals surface area contributed by atoms with Gasteiger partial charge < -0.3 is 15.7 Å². The molecule has 0 radical (unpaired) electrons. The maximum absolute atomic E-state index is 12.0. The summed E-state index contributed by atoms with van der Waals surface area (Å²) in [7, 11) is 1.69. The SMILES string of the molecule is CC(O)CCN(C)C(=O)c1ccc(C#CCN)cn1. The van der Waals surface area contributed by atoms with E-state index in [1.54, 1.807) is 37.2 Å². The van der Waals surface area contributed by atoms with Crippen molar-refractivity contribution in [3.05, 3.63) is 29.6 Å². The minimum Gasteiger partial charge on any atom is -0.393 e. The molecule has 1 amide bonds. The number of pyridine rings is 1. The molecule has 0 bridgehead atoms. The molecule has 0 saturated carbocycles. The van der Waals surface area contributed by atoms with E-state index < -0.39 is 6.10 Å². The van der Waals surface area contributed by atoms with Crippen molar-refractivity contribution in [3.63, 3.8) is 0 Å². The second-order valence-electron chi connectivity index (χ2n) is 4.30. The van der Waals surface area contributed by atoms with Crippen molar-refractivity contribution < 1.29 is 9.90 Å². The van der Waals surface area contributed by atoms with Crippen molar-refractivity contribution in [2.24, 2.45) is 5.73 Å². The Hall–Kier alpha value is -1.90. The second kappa shape index (κ2) is 7.52. The van der Waals surface area contributed by atoms with E-state index in [9.17, 15) is 9.90 Å². The zero-order valence-corrected chi connectivity index (χ0v) is 11.3. The molecule has 19 heavy (non-hydrogen) atoms. The van der Waals surface area contributed by atoms with Gasteiger partial charge in [0, 0.05) is 25.4 Å². The van der Waals surface area contributed by atoms with E-state index in [2.05, 4.69) is 16.8 Å². The summed E-state index contributed by atoms with van der Waals surface area (Å²) in [5, 5.41) is 9.19. The Balaban J connectivity index is 2.67. The quantitative estimate of drug-likeness (QED) is 0.761. The number of rotatable bonds is 4. The smallest absolute Gasteiger partial charge is 0.272 e. The van der Waals surface area contributed by atoms with Gasteiger partial charge in [-0.1, -0.05) is 11.8 Å². The number of carbonyl (C=O) groups excluding carboxylic acids is 1. The zero-order valence-electron chi connectivity index (χ0n) is 11.3. The average molecular weight is 261 g/mol. The zero-order chi connectivity index (χ0) is 14.3. The minimum atomic E-state index is -0.419. The molecule has 1 aromatic heterocycles. The minimum absolute atomic E-state index is 0.168. The van der Waals surface area contributed by atoms with E-state index in [4.69, 9.17) is 5.73 Å². The highest BCUT2D eigenvalue weighted by Gasteiger charge is 2.13. The topological polar surface area (TPSA) is 79.5 Å². The molecule has 0 saturated heterocycles. The van der Waals surface area contributed by atoms with Crippen LogP contribution in [0.15, 0.2) is 18.3 Å². The fourth-order valence-corrected chi connectivity index (χ4v) is 1.42. The average Bonchev–Trinajstić information content (AvgIpc) is 2.42. The fraction of sp³-hybridized carbons (Fsp3) is 0.429. The largest absolute Gasteiger partial charge is 0.393 e. The van der Waals surface area contributed by atoms with Crippen LogP contribution in [-0.2, 0) is 0 Å². The number of nitrogens with two attached hydrogens (primary N) is 1. The van der Waals surface area contributed by atoms with Crippen LogP contribution in [0.25, 0.3) is 0 Å². The Morgan fingerprint density at radius 2 is 2.32 bits per heavy atom. The van der Waals surface area contributed by atoms with Gasteiger partial charge >= 0.3 is 0 Å². The van der Waals surface area contributed by atoms with Gasteiger partial charge in [-0.3, -0.25) is 4.79 Å². The summed E-state index contributed by atoms with van der Waals surface area (Å²) >= 11 is 0. The van der Waals surface area contributed by atoms with Gasteiger partial charge in [0.25, 0.3) is 5.91 Å². The molecule has 102 valence electrons.